The third-order valence-electron chi connectivity index (χ3n) is 3.85. The number of benzene rings is 2. The maximum atomic E-state index is 4.85. The van der Waals surface area contributed by atoms with Gasteiger partial charge in [-0.05, 0) is 17.7 Å². The van der Waals surface area contributed by atoms with Crippen LogP contribution < -0.4 is 0 Å². The van der Waals surface area contributed by atoms with E-state index < -0.39 is 8.07 Å². The number of aryl methyl sites for hydroxylation is 1. The van der Waals surface area contributed by atoms with Gasteiger partial charge in [0.15, 0.2) is 0 Å². The first kappa shape index (κ1) is 16.5. The van der Waals surface area contributed by atoms with Gasteiger partial charge in [-0.25, -0.2) is 4.98 Å². The van der Waals surface area contributed by atoms with Crippen LogP contribution in [0.2, 0.25) is 19.6 Å². The Morgan fingerprint density at radius 1 is 0.958 bits per heavy atom. The molecular weight excluding hydrogens is 308 g/mol. The number of imidazole rings is 1. The summed E-state index contributed by atoms with van der Waals surface area (Å²) in [5.74, 6) is 4.50. The maximum absolute atomic E-state index is 4.85. The normalized spacial score (nSPS) is 11.3. The Balaban J connectivity index is 1.88. The van der Waals surface area contributed by atoms with Crippen molar-refractivity contribution in [1.29, 1.82) is 0 Å². The molecule has 0 aliphatic carbocycles. The Morgan fingerprint density at radius 3 is 2.42 bits per heavy atom. The standard InChI is InChI=1S/C21H24N2Si/c1-24(2,3)16-10-9-15-21-22-19-13-7-8-14-20(19)23(21)17-18-11-5-4-6-12-18/h4-8,11-14H,9,15,17H2,1-3H3. The van der Waals surface area contributed by atoms with Crippen molar-refractivity contribution in [1.82, 2.24) is 9.55 Å². The monoisotopic (exact) mass is 332 g/mol. The smallest absolute Gasteiger partial charge is 0.129 e. The predicted octanol–water partition coefficient (Wildman–Crippen LogP) is 4.90. The van der Waals surface area contributed by atoms with Crippen molar-refractivity contribution in [2.45, 2.75) is 39.0 Å². The molecule has 1 heterocycles. The fourth-order valence-electron chi connectivity index (χ4n) is 2.76. The second kappa shape index (κ2) is 7.07. The van der Waals surface area contributed by atoms with Crippen LogP contribution in [0.25, 0.3) is 11.0 Å². The Hall–Kier alpha value is -2.31. The van der Waals surface area contributed by atoms with E-state index in [0.29, 0.717) is 0 Å². The van der Waals surface area contributed by atoms with E-state index in [-0.39, 0.29) is 0 Å². The van der Waals surface area contributed by atoms with Gasteiger partial charge in [0.05, 0.1) is 11.0 Å². The first-order valence-corrected chi connectivity index (χ1v) is 12.0. The van der Waals surface area contributed by atoms with Crippen molar-refractivity contribution in [2.24, 2.45) is 0 Å². The summed E-state index contributed by atoms with van der Waals surface area (Å²) in [5, 5.41) is 0. The molecule has 0 radical (unpaired) electrons. The highest BCUT2D eigenvalue weighted by atomic mass is 28.3. The number of hydrogen-bond acceptors (Lipinski definition) is 1. The quantitative estimate of drug-likeness (QED) is 0.491. The number of nitrogens with zero attached hydrogens (tertiary/aromatic N) is 2. The zero-order valence-corrected chi connectivity index (χ0v) is 15.7. The van der Waals surface area contributed by atoms with E-state index in [9.17, 15) is 0 Å². The lowest BCUT2D eigenvalue weighted by atomic mass is 10.2. The number of hydrogen-bond donors (Lipinski definition) is 0. The van der Waals surface area contributed by atoms with Gasteiger partial charge in [0.25, 0.3) is 0 Å². The lowest BCUT2D eigenvalue weighted by Crippen LogP contribution is -2.16. The van der Waals surface area contributed by atoms with Crippen molar-refractivity contribution in [2.75, 3.05) is 0 Å². The molecule has 3 heteroatoms. The molecule has 3 rings (SSSR count). The molecule has 0 aliphatic heterocycles. The molecule has 2 aromatic carbocycles. The minimum absolute atomic E-state index is 0.859. The molecule has 0 fully saturated rings. The highest BCUT2D eigenvalue weighted by Gasteiger charge is 2.11. The van der Waals surface area contributed by atoms with Crippen LogP contribution in [0.15, 0.2) is 54.6 Å². The fourth-order valence-corrected chi connectivity index (χ4v) is 3.42. The van der Waals surface area contributed by atoms with Crippen LogP contribution in [-0.4, -0.2) is 17.6 Å². The molecule has 0 N–H and O–H groups in total. The molecule has 1 aromatic heterocycles. The van der Waals surface area contributed by atoms with E-state index in [1.165, 1.54) is 11.1 Å². The third kappa shape index (κ3) is 4.15. The Bertz CT molecular complexity index is 877. The minimum Gasteiger partial charge on any atom is -0.323 e. The van der Waals surface area contributed by atoms with Crippen LogP contribution >= 0.6 is 0 Å². The second-order valence-corrected chi connectivity index (χ2v) is 11.9. The minimum atomic E-state index is -1.29. The first-order valence-electron chi connectivity index (χ1n) is 8.51. The van der Waals surface area contributed by atoms with E-state index in [2.05, 4.69) is 90.3 Å². The van der Waals surface area contributed by atoms with Crippen LogP contribution in [-0.2, 0) is 13.0 Å². The molecule has 0 aliphatic rings. The van der Waals surface area contributed by atoms with Gasteiger partial charge in [-0.3, -0.25) is 0 Å². The molecule has 0 bridgehead atoms. The molecule has 3 aromatic rings. The Labute approximate surface area is 145 Å². The predicted molar refractivity (Wildman–Crippen MR) is 105 cm³/mol. The summed E-state index contributed by atoms with van der Waals surface area (Å²) in [6.07, 6.45) is 1.78. The lowest BCUT2D eigenvalue weighted by molar-refractivity contribution is 0.739. The third-order valence-corrected chi connectivity index (χ3v) is 4.78. The summed E-state index contributed by atoms with van der Waals surface area (Å²) >= 11 is 0. The molecule has 0 saturated carbocycles. The average Bonchev–Trinajstić information content (AvgIpc) is 2.90. The van der Waals surface area contributed by atoms with Crippen LogP contribution in [0, 0.1) is 11.5 Å². The van der Waals surface area contributed by atoms with Crippen LogP contribution in [0.1, 0.15) is 17.8 Å². The number of para-hydroxylation sites is 2. The van der Waals surface area contributed by atoms with Gasteiger partial charge in [0.2, 0.25) is 0 Å². The molecule has 2 nitrogen and oxygen atoms in total. The molecule has 0 unspecified atom stereocenters. The van der Waals surface area contributed by atoms with Crippen LogP contribution in [0.5, 0.6) is 0 Å². The fraction of sp³-hybridized carbons (Fsp3) is 0.286. The van der Waals surface area contributed by atoms with E-state index >= 15 is 0 Å². The van der Waals surface area contributed by atoms with E-state index in [0.717, 1.165) is 30.7 Å². The van der Waals surface area contributed by atoms with Crippen LogP contribution in [0.4, 0.5) is 0 Å². The van der Waals surface area contributed by atoms with Gasteiger partial charge in [-0.2, -0.15) is 0 Å². The Morgan fingerprint density at radius 2 is 1.67 bits per heavy atom. The second-order valence-electron chi connectivity index (χ2n) is 7.14. The SMILES string of the molecule is C[Si](C)(C)C#CCCc1nc2ccccc2n1Cc1ccccc1. The number of fused-ring (bicyclic) bond motifs is 1. The van der Waals surface area contributed by atoms with Gasteiger partial charge in [-0.15, -0.1) is 11.5 Å². The largest absolute Gasteiger partial charge is 0.323 e. The van der Waals surface area contributed by atoms with Crippen molar-refractivity contribution in [3.8, 4) is 11.5 Å². The zero-order chi connectivity index (χ0) is 17.0. The van der Waals surface area contributed by atoms with Crippen molar-refractivity contribution in [3.63, 3.8) is 0 Å². The van der Waals surface area contributed by atoms with Gasteiger partial charge in [0, 0.05) is 19.4 Å². The summed E-state index contributed by atoms with van der Waals surface area (Å²) in [7, 11) is -1.29. The Kier molecular flexibility index (Phi) is 4.87. The highest BCUT2D eigenvalue weighted by Crippen LogP contribution is 2.19. The van der Waals surface area contributed by atoms with E-state index in [4.69, 9.17) is 4.98 Å². The van der Waals surface area contributed by atoms with Crippen molar-refractivity contribution >= 4 is 19.1 Å². The molecule has 0 saturated heterocycles. The van der Waals surface area contributed by atoms with Crippen molar-refractivity contribution in [3.05, 3.63) is 66.0 Å². The summed E-state index contributed by atoms with van der Waals surface area (Å²) in [5.41, 5.74) is 7.02. The molecule has 122 valence electrons. The van der Waals surface area contributed by atoms with Crippen LogP contribution in [0.3, 0.4) is 0 Å². The summed E-state index contributed by atoms with van der Waals surface area (Å²) in [4.78, 5) is 4.85. The molecule has 0 amide bonds. The van der Waals surface area contributed by atoms with Gasteiger partial charge in [-0.1, -0.05) is 62.1 Å². The average molecular weight is 333 g/mol. The lowest BCUT2D eigenvalue weighted by Gasteiger charge is -2.09. The maximum Gasteiger partial charge on any atom is 0.129 e. The van der Waals surface area contributed by atoms with Crippen molar-refractivity contribution < 1.29 is 0 Å². The summed E-state index contributed by atoms with van der Waals surface area (Å²) < 4.78 is 2.33. The summed E-state index contributed by atoms with van der Waals surface area (Å²) in [6, 6.07) is 19.0. The first-order chi connectivity index (χ1) is 11.5. The highest BCUT2D eigenvalue weighted by molar-refractivity contribution is 6.83. The van der Waals surface area contributed by atoms with Gasteiger partial charge in [0.1, 0.15) is 13.9 Å². The topological polar surface area (TPSA) is 17.8 Å². The number of aromatic nitrogens is 2. The van der Waals surface area contributed by atoms with Gasteiger partial charge >= 0.3 is 0 Å². The molecule has 0 spiro atoms. The summed E-state index contributed by atoms with van der Waals surface area (Å²) in [6.45, 7) is 7.71. The molecular formula is C21H24N2Si. The molecule has 0 atom stereocenters. The zero-order valence-electron chi connectivity index (χ0n) is 14.7. The van der Waals surface area contributed by atoms with Gasteiger partial charge < -0.3 is 4.57 Å². The van der Waals surface area contributed by atoms with E-state index in [1.807, 2.05) is 0 Å². The van der Waals surface area contributed by atoms with E-state index in [1.54, 1.807) is 0 Å². The number of rotatable bonds is 4. The molecule has 24 heavy (non-hydrogen) atoms.